The van der Waals surface area contributed by atoms with Gasteiger partial charge in [0.25, 0.3) is 0 Å². The Balaban J connectivity index is 2.72. The number of nitrogens with zero attached hydrogens (tertiary/aromatic N) is 1. The van der Waals surface area contributed by atoms with Crippen molar-refractivity contribution in [3.05, 3.63) is 49.6 Å². The van der Waals surface area contributed by atoms with Gasteiger partial charge in [-0.25, -0.2) is 8.42 Å². The number of thiocarbonyl (C=S) groups is 1. The Kier molecular flexibility index (Phi) is 9.92. The van der Waals surface area contributed by atoms with Crippen LogP contribution in [0.25, 0.3) is 0 Å². The Morgan fingerprint density at radius 2 is 1.74 bits per heavy atom. The van der Waals surface area contributed by atoms with E-state index >= 15 is 0 Å². The molecule has 0 aliphatic rings. The van der Waals surface area contributed by atoms with Crippen molar-refractivity contribution in [3.8, 4) is 0 Å². The molecule has 0 fully saturated rings. The Labute approximate surface area is 167 Å². The van der Waals surface area contributed by atoms with Crippen molar-refractivity contribution in [2.45, 2.75) is 37.5 Å². The van der Waals surface area contributed by atoms with Crippen LogP contribution in [0.1, 0.15) is 32.6 Å². The van der Waals surface area contributed by atoms with Gasteiger partial charge in [-0.3, -0.25) is 4.79 Å². The number of benzene rings is 1. The molecule has 0 aliphatic carbocycles. The van der Waals surface area contributed by atoms with Gasteiger partial charge in [0.2, 0.25) is 15.9 Å². The van der Waals surface area contributed by atoms with Crippen LogP contribution in [-0.2, 0) is 14.8 Å². The van der Waals surface area contributed by atoms with E-state index in [0.29, 0.717) is 12.1 Å². The average Bonchev–Trinajstić information content (AvgIpc) is 2.62. The van der Waals surface area contributed by atoms with Crippen LogP contribution in [0.3, 0.4) is 0 Å². The molecule has 0 aromatic heterocycles. The molecule has 8 heteroatoms. The number of unbranched alkanes of at least 4 members (excludes halogenated alkanes) is 2. The highest BCUT2D eigenvalue weighted by atomic mass is 32.2. The minimum atomic E-state index is -3.64. The van der Waals surface area contributed by atoms with Gasteiger partial charge in [-0.05, 0) is 42.9 Å². The lowest BCUT2D eigenvalue weighted by Crippen LogP contribution is -2.34. The van der Waals surface area contributed by atoms with Crippen molar-refractivity contribution < 1.29 is 13.2 Å². The van der Waals surface area contributed by atoms with E-state index in [1.807, 2.05) is 0 Å². The van der Waals surface area contributed by atoms with Crippen molar-refractivity contribution in [2.75, 3.05) is 18.4 Å². The van der Waals surface area contributed by atoms with E-state index in [1.165, 1.54) is 28.6 Å². The molecule has 1 amide bonds. The van der Waals surface area contributed by atoms with Gasteiger partial charge < -0.3 is 10.6 Å². The topological polar surface area (TPSA) is 78.5 Å². The van der Waals surface area contributed by atoms with E-state index < -0.39 is 10.0 Å². The van der Waals surface area contributed by atoms with Crippen LogP contribution >= 0.6 is 12.2 Å². The molecule has 27 heavy (non-hydrogen) atoms. The fourth-order valence-electron chi connectivity index (χ4n) is 2.31. The molecule has 1 aromatic carbocycles. The van der Waals surface area contributed by atoms with Gasteiger partial charge >= 0.3 is 0 Å². The molecular weight excluding hydrogens is 382 g/mol. The summed E-state index contributed by atoms with van der Waals surface area (Å²) in [6.07, 6.45) is 6.34. The second kappa shape index (κ2) is 11.6. The molecule has 1 aromatic rings. The van der Waals surface area contributed by atoms with Crippen LogP contribution in [-0.4, -0.2) is 36.8 Å². The summed E-state index contributed by atoms with van der Waals surface area (Å²) in [5.74, 6) is -0.135. The van der Waals surface area contributed by atoms with Crippen LogP contribution in [0.15, 0.2) is 54.5 Å². The zero-order valence-electron chi connectivity index (χ0n) is 15.6. The number of carbonyl (C=O) groups is 1. The number of hydrogen-bond donors (Lipinski definition) is 2. The predicted octanol–water partition coefficient (Wildman–Crippen LogP) is 3.44. The van der Waals surface area contributed by atoms with Crippen LogP contribution < -0.4 is 10.6 Å². The lowest BCUT2D eigenvalue weighted by Gasteiger charge is -2.19. The first-order chi connectivity index (χ1) is 12.8. The normalized spacial score (nSPS) is 11.0. The Morgan fingerprint density at radius 3 is 2.26 bits per heavy atom. The molecule has 0 bridgehead atoms. The van der Waals surface area contributed by atoms with Gasteiger partial charge in [0.15, 0.2) is 5.11 Å². The van der Waals surface area contributed by atoms with E-state index in [0.717, 1.165) is 19.3 Å². The summed E-state index contributed by atoms with van der Waals surface area (Å²) >= 11 is 5.12. The molecule has 0 unspecified atom stereocenters. The second-order valence-electron chi connectivity index (χ2n) is 5.88. The summed E-state index contributed by atoms with van der Waals surface area (Å²) in [5, 5.41) is 5.68. The van der Waals surface area contributed by atoms with E-state index in [2.05, 4.69) is 30.7 Å². The first-order valence-corrected chi connectivity index (χ1v) is 10.6. The lowest BCUT2D eigenvalue weighted by atomic mass is 10.2. The molecule has 0 atom stereocenters. The van der Waals surface area contributed by atoms with Crippen molar-refractivity contribution in [1.82, 2.24) is 9.62 Å². The quantitative estimate of drug-likeness (QED) is 0.332. The van der Waals surface area contributed by atoms with Gasteiger partial charge in [-0.15, -0.1) is 13.2 Å². The SMILES string of the molecule is C=CCN(CC=C)S(=O)(=O)c1ccc(NC(=S)NC(=O)CCCCC)cc1. The third-order valence-corrected chi connectivity index (χ3v) is 5.73. The highest BCUT2D eigenvalue weighted by molar-refractivity contribution is 7.89. The van der Waals surface area contributed by atoms with E-state index in [9.17, 15) is 13.2 Å². The monoisotopic (exact) mass is 409 g/mol. The van der Waals surface area contributed by atoms with Gasteiger partial charge in [0.05, 0.1) is 4.90 Å². The molecule has 0 aliphatic heterocycles. The summed E-state index contributed by atoms with van der Waals surface area (Å²) in [6.45, 7) is 9.63. The fourth-order valence-corrected chi connectivity index (χ4v) is 3.92. The number of nitrogens with one attached hydrogen (secondary N) is 2. The largest absolute Gasteiger partial charge is 0.332 e. The van der Waals surface area contributed by atoms with Crippen molar-refractivity contribution >= 4 is 38.9 Å². The zero-order valence-corrected chi connectivity index (χ0v) is 17.2. The first-order valence-electron chi connectivity index (χ1n) is 8.78. The Bertz CT molecular complexity index is 749. The third kappa shape index (κ3) is 7.62. The number of rotatable bonds is 11. The summed E-state index contributed by atoms with van der Waals surface area (Å²) in [5.41, 5.74) is 0.590. The van der Waals surface area contributed by atoms with Gasteiger partial charge in [0.1, 0.15) is 0 Å². The number of carbonyl (C=O) groups excluding carboxylic acids is 1. The number of amides is 1. The van der Waals surface area contributed by atoms with Crippen molar-refractivity contribution in [3.63, 3.8) is 0 Å². The minimum absolute atomic E-state index is 0.135. The van der Waals surface area contributed by atoms with Crippen LogP contribution in [0, 0.1) is 0 Å². The fraction of sp³-hybridized carbons (Fsp3) is 0.368. The maximum Gasteiger partial charge on any atom is 0.243 e. The highest BCUT2D eigenvalue weighted by Gasteiger charge is 2.22. The molecule has 0 spiro atoms. The number of sulfonamides is 1. The summed E-state index contributed by atoms with van der Waals surface area (Å²) in [6, 6.07) is 6.18. The average molecular weight is 410 g/mol. The molecule has 2 N–H and O–H groups in total. The zero-order chi connectivity index (χ0) is 20.3. The first kappa shape index (κ1) is 23.0. The van der Waals surface area contributed by atoms with Crippen LogP contribution in [0.4, 0.5) is 5.69 Å². The highest BCUT2D eigenvalue weighted by Crippen LogP contribution is 2.18. The maximum atomic E-state index is 12.6. The number of hydrogen-bond acceptors (Lipinski definition) is 4. The van der Waals surface area contributed by atoms with Crippen LogP contribution in [0.2, 0.25) is 0 Å². The van der Waals surface area contributed by atoms with Gasteiger partial charge in [-0.1, -0.05) is 31.9 Å². The molecule has 148 valence electrons. The molecule has 6 nitrogen and oxygen atoms in total. The lowest BCUT2D eigenvalue weighted by molar-refractivity contribution is -0.119. The number of anilines is 1. The van der Waals surface area contributed by atoms with E-state index in [1.54, 1.807) is 12.1 Å². The summed E-state index contributed by atoms with van der Waals surface area (Å²) in [7, 11) is -3.64. The van der Waals surface area contributed by atoms with Crippen molar-refractivity contribution in [1.29, 1.82) is 0 Å². The van der Waals surface area contributed by atoms with Crippen molar-refractivity contribution in [2.24, 2.45) is 0 Å². The minimum Gasteiger partial charge on any atom is -0.332 e. The van der Waals surface area contributed by atoms with Gasteiger partial charge in [0, 0.05) is 25.2 Å². The van der Waals surface area contributed by atoms with E-state index in [4.69, 9.17) is 12.2 Å². The summed E-state index contributed by atoms with van der Waals surface area (Å²) in [4.78, 5) is 11.9. The smallest absolute Gasteiger partial charge is 0.243 e. The second-order valence-corrected chi connectivity index (χ2v) is 8.23. The molecular formula is C19H27N3O3S2. The summed E-state index contributed by atoms with van der Waals surface area (Å²) < 4.78 is 26.6. The Hall–Kier alpha value is -2.03. The molecule has 0 heterocycles. The van der Waals surface area contributed by atoms with Gasteiger partial charge in [-0.2, -0.15) is 4.31 Å². The predicted molar refractivity (Wildman–Crippen MR) is 114 cm³/mol. The van der Waals surface area contributed by atoms with Crippen LogP contribution in [0.5, 0.6) is 0 Å². The standard InChI is InChI=1S/C19H27N3O3S2/c1-4-7-8-9-18(23)21-19(26)20-16-10-12-17(13-11-16)27(24,25)22(14-5-2)15-6-3/h5-6,10-13H,2-4,7-9,14-15H2,1H3,(H2,20,21,23,26). The third-order valence-electron chi connectivity index (χ3n) is 3.68. The Morgan fingerprint density at radius 1 is 1.15 bits per heavy atom. The molecule has 0 saturated heterocycles. The molecule has 0 saturated carbocycles. The molecule has 1 rings (SSSR count). The maximum absolute atomic E-state index is 12.6. The molecule has 0 radical (unpaired) electrons. The van der Waals surface area contributed by atoms with E-state index in [-0.39, 0.29) is 29.0 Å².